The molecule has 1 aliphatic heterocycles. The highest BCUT2D eigenvalue weighted by Crippen LogP contribution is 2.31. The van der Waals surface area contributed by atoms with Gasteiger partial charge in [-0.1, -0.05) is 6.07 Å². The minimum atomic E-state index is -0.514. The summed E-state index contributed by atoms with van der Waals surface area (Å²) in [6.07, 6.45) is 1.29. The summed E-state index contributed by atoms with van der Waals surface area (Å²) in [6.45, 7) is 7.17. The average Bonchev–Trinajstić information content (AvgIpc) is 2.61. The van der Waals surface area contributed by atoms with Crippen molar-refractivity contribution in [1.29, 1.82) is 0 Å². The van der Waals surface area contributed by atoms with Gasteiger partial charge < -0.3 is 20.1 Å². The molecule has 0 unspecified atom stereocenters. The van der Waals surface area contributed by atoms with E-state index >= 15 is 0 Å². The number of hydrogen-bond donors (Lipinski definition) is 1. The van der Waals surface area contributed by atoms with Crippen molar-refractivity contribution in [1.82, 2.24) is 4.90 Å². The Balaban J connectivity index is 1.91. The third-order valence-corrected chi connectivity index (χ3v) is 4.36. The number of benzene rings is 1. The molecule has 0 radical (unpaired) electrons. The summed E-state index contributed by atoms with van der Waals surface area (Å²) in [5.74, 6) is 0.209. The Labute approximate surface area is 164 Å². The molecule has 2 N–H and O–H groups in total. The van der Waals surface area contributed by atoms with E-state index in [1.807, 2.05) is 20.8 Å². The summed E-state index contributed by atoms with van der Waals surface area (Å²) in [5, 5.41) is 0. The van der Waals surface area contributed by atoms with Crippen LogP contribution in [0.1, 0.15) is 33.6 Å². The van der Waals surface area contributed by atoms with Crippen molar-refractivity contribution < 1.29 is 18.7 Å². The Morgan fingerprint density at radius 1 is 1.37 bits per heavy atom. The molecular weight excluding hydrogens is 373 g/mol. The molecule has 0 saturated carbocycles. The van der Waals surface area contributed by atoms with Crippen molar-refractivity contribution in [2.75, 3.05) is 25.6 Å². The predicted molar refractivity (Wildman–Crippen MR) is 104 cm³/mol. The number of carbonyl (C=O) groups is 1. The molecule has 150 valence electrons. The number of ether oxygens (including phenoxy) is 2. The monoisotopic (exact) mass is 399 g/mol. The van der Waals surface area contributed by atoms with Crippen LogP contribution < -0.4 is 10.5 Å². The molecule has 1 aromatic carbocycles. The Hall–Kier alpha value is -2.02. The number of carbonyl (C=O) groups excluding carboxylic acids is 1. The molecular formula is C19H27ClFN3O3. The number of hydrogen-bond acceptors (Lipinski definition) is 4. The molecule has 27 heavy (non-hydrogen) atoms. The van der Waals surface area contributed by atoms with Crippen LogP contribution in [0.5, 0.6) is 5.75 Å². The Bertz CT molecular complexity index is 683. The van der Waals surface area contributed by atoms with Gasteiger partial charge in [0.1, 0.15) is 22.9 Å². The molecule has 0 bridgehead atoms. The fourth-order valence-corrected chi connectivity index (χ4v) is 2.77. The number of aliphatic imine (C=N–C) groups is 1. The second-order valence-electron chi connectivity index (χ2n) is 7.55. The predicted octanol–water partition coefficient (Wildman–Crippen LogP) is 4.08. The highest BCUT2D eigenvalue weighted by molar-refractivity contribution is 6.28. The molecule has 8 heteroatoms. The summed E-state index contributed by atoms with van der Waals surface area (Å²) >= 11 is 5.62. The van der Waals surface area contributed by atoms with Gasteiger partial charge in [-0.25, -0.2) is 14.2 Å². The average molecular weight is 400 g/mol. The van der Waals surface area contributed by atoms with Crippen molar-refractivity contribution in [3.63, 3.8) is 0 Å². The van der Waals surface area contributed by atoms with E-state index in [1.165, 1.54) is 6.07 Å². The highest BCUT2D eigenvalue weighted by atomic mass is 35.5. The second-order valence-corrected chi connectivity index (χ2v) is 7.81. The normalized spacial score (nSPS) is 16.3. The first kappa shape index (κ1) is 21.3. The zero-order valence-corrected chi connectivity index (χ0v) is 16.8. The first-order valence-electron chi connectivity index (χ1n) is 8.98. The van der Waals surface area contributed by atoms with Crippen LogP contribution in [0.15, 0.2) is 23.2 Å². The maximum atomic E-state index is 14.0. The van der Waals surface area contributed by atoms with Gasteiger partial charge in [0.25, 0.3) is 0 Å². The lowest BCUT2D eigenvalue weighted by Gasteiger charge is -2.33. The maximum absolute atomic E-state index is 14.0. The number of nitrogens with zero attached hydrogens (tertiary/aromatic N) is 2. The molecule has 1 aromatic rings. The molecule has 6 nitrogen and oxygen atoms in total. The zero-order valence-electron chi connectivity index (χ0n) is 16.0. The number of piperidine rings is 1. The number of likely N-dealkylation sites (tertiary alicyclic amines) is 1. The summed E-state index contributed by atoms with van der Waals surface area (Å²) in [7, 11) is 0. The number of nitrogens with two attached hydrogens (primary N) is 1. The fraction of sp³-hybridized carbons (Fsp3) is 0.579. The second kappa shape index (κ2) is 9.26. The Kier molecular flexibility index (Phi) is 7.30. The molecule has 1 heterocycles. The van der Waals surface area contributed by atoms with Gasteiger partial charge in [0.15, 0.2) is 5.82 Å². The van der Waals surface area contributed by atoms with E-state index in [-0.39, 0.29) is 29.4 Å². The van der Waals surface area contributed by atoms with Crippen LogP contribution in [0.25, 0.3) is 0 Å². The first-order chi connectivity index (χ1) is 12.7. The maximum Gasteiger partial charge on any atom is 0.410 e. The van der Waals surface area contributed by atoms with E-state index in [9.17, 15) is 9.18 Å². The number of rotatable bonds is 5. The van der Waals surface area contributed by atoms with Crippen molar-refractivity contribution in [3.8, 4) is 5.75 Å². The van der Waals surface area contributed by atoms with Crippen LogP contribution in [0.3, 0.4) is 0 Å². The van der Waals surface area contributed by atoms with Crippen molar-refractivity contribution in [3.05, 3.63) is 24.0 Å². The minimum absolute atomic E-state index is 0.0108. The van der Waals surface area contributed by atoms with Crippen LogP contribution in [-0.4, -0.2) is 48.0 Å². The lowest BCUT2D eigenvalue weighted by atomic mass is 9.98. The lowest BCUT2D eigenvalue weighted by molar-refractivity contribution is 0.0165. The summed E-state index contributed by atoms with van der Waals surface area (Å²) in [5.41, 5.74) is 5.17. The van der Waals surface area contributed by atoms with Crippen molar-refractivity contribution in [2.24, 2.45) is 16.6 Å². The van der Waals surface area contributed by atoms with Gasteiger partial charge in [0.05, 0.1) is 12.5 Å². The Morgan fingerprint density at radius 2 is 2.04 bits per heavy atom. The zero-order chi connectivity index (χ0) is 20.0. The molecule has 1 aliphatic rings. The summed E-state index contributed by atoms with van der Waals surface area (Å²) < 4.78 is 25.2. The number of alkyl halides is 1. The topological polar surface area (TPSA) is 77.1 Å². The number of para-hydroxylation sites is 1. The molecule has 0 atom stereocenters. The van der Waals surface area contributed by atoms with Crippen LogP contribution in [0.4, 0.5) is 14.9 Å². The van der Waals surface area contributed by atoms with Gasteiger partial charge in [-0.3, -0.25) is 0 Å². The van der Waals surface area contributed by atoms with Crippen LogP contribution in [-0.2, 0) is 4.74 Å². The largest absolute Gasteiger partial charge is 0.491 e. The molecule has 0 spiro atoms. The summed E-state index contributed by atoms with van der Waals surface area (Å²) in [6, 6.07) is 4.51. The molecule has 0 aromatic heterocycles. The van der Waals surface area contributed by atoms with Crippen molar-refractivity contribution >= 4 is 29.2 Å². The van der Waals surface area contributed by atoms with E-state index in [0.29, 0.717) is 25.4 Å². The molecule has 1 saturated heterocycles. The van der Waals surface area contributed by atoms with Gasteiger partial charge in [0, 0.05) is 13.1 Å². The van der Waals surface area contributed by atoms with E-state index in [0.717, 1.165) is 12.8 Å². The van der Waals surface area contributed by atoms with Gasteiger partial charge in [-0.15, -0.1) is 11.6 Å². The van der Waals surface area contributed by atoms with E-state index in [1.54, 1.807) is 17.0 Å². The third-order valence-electron chi connectivity index (χ3n) is 4.08. The highest BCUT2D eigenvalue weighted by Gasteiger charge is 2.27. The smallest absolute Gasteiger partial charge is 0.410 e. The van der Waals surface area contributed by atoms with Gasteiger partial charge in [-0.2, -0.15) is 0 Å². The molecule has 1 amide bonds. The molecule has 1 fully saturated rings. The van der Waals surface area contributed by atoms with Gasteiger partial charge in [0.2, 0.25) is 0 Å². The SMILES string of the molecule is CC(C)(C)OC(=O)N1CCC(COc2cccc(F)c2N=C(N)CCl)CC1. The molecule has 2 rings (SSSR count). The quantitative estimate of drug-likeness (QED) is 0.459. The van der Waals surface area contributed by atoms with Gasteiger partial charge in [-0.05, 0) is 51.7 Å². The Morgan fingerprint density at radius 3 is 2.63 bits per heavy atom. The van der Waals surface area contributed by atoms with E-state index in [4.69, 9.17) is 26.8 Å². The standard InChI is InChI=1S/C19H27ClFN3O3/c1-19(2,3)27-18(25)24-9-7-13(8-10-24)12-26-15-6-4-5-14(21)17(15)23-16(22)11-20/h4-6,13H,7-12H2,1-3H3,(H2,22,23). The van der Waals surface area contributed by atoms with Gasteiger partial charge >= 0.3 is 6.09 Å². The van der Waals surface area contributed by atoms with Crippen LogP contribution >= 0.6 is 11.6 Å². The van der Waals surface area contributed by atoms with Crippen LogP contribution in [0, 0.1) is 11.7 Å². The number of halogens is 2. The molecule has 0 aliphatic carbocycles. The number of amides is 1. The van der Waals surface area contributed by atoms with Crippen molar-refractivity contribution in [2.45, 2.75) is 39.2 Å². The number of amidine groups is 1. The minimum Gasteiger partial charge on any atom is -0.491 e. The third kappa shape index (κ3) is 6.57. The fourth-order valence-electron chi connectivity index (χ4n) is 2.71. The first-order valence-corrected chi connectivity index (χ1v) is 9.51. The summed E-state index contributed by atoms with van der Waals surface area (Å²) in [4.78, 5) is 17.8. The lowest BCUT2D eigenvalue weighted by Crippen LogP contribution is -2.42. The van der Waals surface area contributed by atoms with Crippen LogP contribution in [0.2, 0.25) is 0 Å². The van der Waals surface area contributed by atoms with E-state index in [2.05, 4.69) is 4.99 Å². The van der Waals surface area contributed by atoms with E-state index < -0.39 is 11.4 Å².